The summed E-state index contributed by atoms with van der Waals surface area (Å²) in [6.45, 7) is 6.73. The van der Waals surface area contributed by atoms with E-state index in [4.69, 9.17) is 10.5 Å². The molecule has 2 aromatic rings. The van der Waals surface area contributed by atoms with E-state index in [1.54, 1.807) is 7.11 Å². The van der Waals surface area contributed by atoms with E-state index in [0.717, 1.165) is 34.1 Å². The van der Waals surface area contributed by atoms with Crippen molar-refractivity contribution in [3.63, 3.8) is 0 Å². The first kappa shape index (κ1) is 14.5. The van der Waals surface area contributed by atoms with E-state index in [-0.39, 0.29) is 5.92 Å². The third-order valence-corrected chi connectivity index (χ3v) is 3.50. The third-order valence-electron chi connectivity index (χ3n) is 3.50. The summed E-state index contributed by atoms with van der Waals surface area (Å²) >= 11 is 0. The molecule has 0 aliphatic heterocycles. The molecule has 20 heavy (non-hydrogen) atoms. The van der Waals surface area contributed by atoms with E-state index >= 15 is 0 Å². The second kappa shape index (κ2) is 6.01. The standard InChI is InChI=1S/C16H21N3O/c1-10(9-17)15-11(2)18-16(19-12(15)3)13-6-5-7-14(8-13)20-4/h5-8,10H,9,17H2,1-4H3. The average Bonchev–Trinajstić information content (AvgIpc) is 2.46. The number of methoxy groups -OCH3 is 1. The first-order valence-corrected chi connectivity index (χ1v) is 6.76. The van der Waals surface area contributed by atoms with Crippen molar-refractivity contribution in [1.29, 1.82) is 0 Å². The molecular formula is C16H21N3O. The summed E-state index contributed by atoms with van der Waals surface area (Å²) in [5.74, 6) is 1.81. The Balaban J connectivity index is 2.49. The van der Waals surface area contributed by atoms with E-state index in [1.165, 1.54) is 0 Å². The van der Waals surface area contributed by atoms with Gasteiger partial charge >= 0.3 is 0 Å². The smallest absolute Gasteiger partial charge is 0.159 e. The Morgan fingerprint density at radius 3 is 2.40 bits per heavy atom. The Labute approximate surface area is 120 Å². The average molecular weight is 271 g/mol. The van der Waals surface area contributed by atoms with Gasteiger partial charge in [-0.25, -0.2) is 9.97 Å². The lowest BCUT2D eigenvalue weighted by molar-refractivity contribution is 0.415. The zero-order valence-corrected chi connectivity index (χ0v) is 12.5. The molecule has 2 N–H and O–H groups in total. The lowest BCUT2D eigenvalue weighted by atomic mass is 9.98. The first-order valence-electron chi connectivity index (χ1n) is 6.76. The molecule has 1 aromatic carbocycles. The van der Waals surface area contributed by atoms with Crippen LogP contribution in [0.5, 0.6) is 5.75 Å². The fraction of sp³-hybridized carbons (Fsp3) is 0.375. The molecule has 0 saturated heterocycles. The van der Waals surface area contributed by atoms with E-state index in [9.17, 15) is 0 Å². The van der Waals surface area contributed by atoms with Gasteiger partial charge in [0.1, 0.15) is 5.75 Å². The topological polar surface area (TPSA) is 61.0 Å². The summed E-state index contributed by atoms with van der Waals surface area (Å²) in [5, 5.41) is 0. The van der Waals surface area contributed by atoms with Gasteiger partial charge in [0.05, 0.1) is 7.11 Å². The van der Waals surface area contributed by atoms with Crippen LogP contribution in [0, 0.1) is 13.8 Å². The minimum atomic E-state index is 0.273. The van der Waals surface area contributed by atoms with Crippen LogP contribution < -0.4 is 10.5 Å². The van der Waals surface area contributed by atoms with E-state index in [0.29, 0.717) is 6.54 Å². The van der Waals surface area contributed by atoms with E-state index in [1.807, 2.05) is 38.1 Å². The largest absolute Gasteiger partial charge is 0.497 e. The highest BCUT2D eigenvalue weighted by atomic mass is 16.5. The first-order chi connectivity index (χ1) is 9.56. The summed E-state index contributed by atoms with van der Waals surface area (Å²) in [6, 6.07) is 7.79. The fourth-order valence-corrected chi connectivity index (χ4v) is 2.45. The van der Waals surface area contributed by atoms with Gasteiger partial charge in [-0.2, -0.15) is 0 Å². The maximum absolute atomic E-state index is 5.76. The van der Waals surface area contributed by atoms with Crippen molar-refractivity contribution in [2.24, 2.45) is 5.73 Å². The van der Waals surface area contributed by atoms with Gasteiger partial charge in [0.25, 0.3) is 0 Å². The Bertz CT molecular complexity index is 587. The normalized spacial score (nSPS) is 12.2. The molecule has 2 rings (SSSR count). The maximum Gasteiger partial charge on any atom is 0.159 e. The zero-order chi connectivity index (χ0) is 14.7. The van der Waals surface area contributed by atoms with Crippen molar-refractivity contribution >= 4 is 0 Å². The number of nitrogens with zero attached hydrogens (tertiary/aromatic N) is 2. The molecule has 0 bridgehead atoms. The molecule has 0 saturated carbocycles. The van der Waals surface area contributed by atoms with Crippen LogP contribution in [0.1, 0.15) is 29.8 Å². The second-order valence-corrected chi connectivity index (χ2v) is 5.00. The van der Waals surface area contributed by atoms with E-state index < -0.39 is 0 Å². The predicted octanol–water partition coefficient (Wildman–Crippen LogP) is 2.83. The maximum atomic E-state index is 5.76. The van der Waals surface area contributed by atoms with Crippen molar-refractivity contribution in [3.8, 4) is 17.1 Å². The lowest BCUT2D eigenvalue weighted by Crippen LogP contribution is -2.14. The highest BCUT2D eigenvalue weighted by Gasteiger charge is 2.14. The fourth-order valence-electron chi connectivity index (χ4n) is 2.45. The number of aryl methyl sites for hydroxylation is 2. The molecule has 106 valence electrons. The van der Waals surface area contributed by atoms with Gasteiger partial charge in [-0.05, 0) is 44.0 Å². The molecule has 1 heterocycles. The van der Waals surface area contributed by atoms with Crippen LogP contribution in [0.2, 0.25) is 0 Å². The number of hydrogen-bond acceptors (Lipinski definition) is 4. The van der Waals surface area contributed by atoms with Crippen molar-refractivity contribution in [2.45, 2.75) is 26.7 Å². The van der Waals surface area contributed by atoms with Crippen LogP contribution in [-0.4, -0.2) is 23.6 Å². The molecule has 0 fully saturated rings. The molecule has 1 unspecified atom stereocenters. The van der Waals surface area contributed by atoms with Gasteiger partial charge in [-0.1, -0.05) is 19.1 Å². The third kappa shape index (κ3) is 2.80. The summed E-state index contributed by atoms with van der Waals surface area (Å²) < 4.78 is 5.24. The zero-order valence-electron chi connectivity index (χ0n) is 12.5. The summed E-state index contributed by atoms with van der Waals surface area (Å²) in [5.41, 5.74) is 9.86. The molecule has 1 aromatic heterocycles. The Hall–Kier alpha value is -1.94. The summed E-state index contributed by atoms with van der Waals surface area (Å²) in [7, 11) is 1.66. The Morgan fingerprint density at radius 1 is 1.20 bits per heavy atom. The van der Waals surface area contributed by atoms with E-state index in [2.05, 4.69) is 16.9 Å². The highest BCUT2D eigenvalue weighted by Crippen LogP contribution is 2.25. The van der Waals surface area contributed by atoms with Crippen LogP contribution in [0.3, 0.4) is 0 Å². The summed E-state index contributed by atoms with van der Waals surface area (Å²) in [4.78, 5) is 9.25. The highest BCUT2D eigenvalue weighted by molar-refractivity contribution is 5.58. The van der Waals surface area contributed by atoms with Crippen LogP contribution in [0.4, 0.5) is 0 Å². The molecule has 0 radical (unpaired) electrons. The van der Waals surface area contributed by atoms with Gasteiger partial charge in [0.15, 0.2) is 5.82 Å². The second-order valence-electron chi connectivity index (χ2n) is 5.00. The lowest BCUT2D eigenvalue weighted by Gasteiger charge is -2.16. The minimum Gasteiger partial charge on any atom is -0.497 e. The number of rotatable bonds is 4. The minimum absolute atomic E-state index is 0.273. The Kier molecular flexibility index (Phi) is 4.35. The monoisotopic (exact) mass is 271 g/mol. The molecular weight excluding hydrogens is 250 g/mol. The molecule has 4 heteroatoms. The van der Waals surface area contributed by atoms with Gasteiger partial charge in [-0.15, -0.1) is 0 Å². The van der Waals surface area contributed by atoms with Crippen molar-refractivity contribution in [1.82, 2.24) is 9.97 Å². The van der Waals surface area contributed by atoms with Crippen LogP contribution in [0.25, 0.3) is 11.4 Å². The SMILES string of the molecule is COc1cccc(-c2nc(C)c(C(C)CN)c(C)n2)c1. The van der Waals surface area contributed by atoms with Crippen LogP contribution >= 0.6 is 0 Å². The van der Waals surface area contributed by atoms with Gasteiger partial charge in [0.2, 0.25) is 0 Å². The molecule has 0 aliphatic carbocycles. The van der Waals surface area contributed by atoms with Crippen LogP contribution in [-0.2, 0) is 0 Å². The number of aromatic nitrogens is 2. The van der Waals surface area contributed by atoms with Crippen LogP contribution in [0.15, 0.2) is 24.3 Å². The van der Waals surface area contributed by atoms with Crippen molar-refractivity contribution in [2.75, 3.05) is 13.7 Å². The number of hydrogen-bond donors (Lipinski definition) is 1. The predicted molar refractivity (Wildman–Crippen MR) is 81.0 cm³/mol. The van der Waals surface area contributed by atoms with Gasteiger partial charge in [0, 0.05) is 17.0 Å². The number of benzene rings is 1. The van der Waals surface area contributed by atoms with Gasteiger partial charge in [-0.3, -0.25) is 0 Å². The quantitative estimate of drug-likeness (QED) is 0.929. The van der Waals surface area contributed by atoms with Gasteiger partial charge < -0.3 is 10.5 Å². The number of ether oxygens (including phenoxy) is 1. The Morgan fingerprint density at radius 2 is 1.85 bits per heavy atom. The molecule has 0 spiro atoms. The van der Waals surface area contributed by atoms with Crippen molar-refractivity contribution in [3.05, 3.63) is 41.2 Å². The molecule has 0 amide bonds. The molecule has 1 atom stereocenters. The molecule has 4 nitrogen and oxygen atoms in total. The summed E-state index contributed by atoms with van der Waals surface area (Å²) in [6.07, 6.45) is 0. The molecule has 0 aliphatic rings. The van der Waals surface area contributed by atoms with Crippen molar-refractivity contribution < 1.29 is 4.74 Å². The number of nitrogens with two attached hydrogens (primary N) is 1.